The zero-order valence-electron chi connectivity index (χ0n) is 10.2. The Kier molecular flexibility index (Phi) is 3.33. The predicted octanol–water partition coefficient (Wildman–Crippen LogP) is 4.42. The summed E-state index contributed by atoms with van der Waals surface area (Å²) in [5.74, 6) is 0.144. The fourth-order valence-corrected chi connectivity index (χ4v) is 4.41. The predicted molar refractivity (Wildman–Crippen MR) is 93.6 cm³/mol. The van der Waals surface area contributed by atoms with Crippen molar-refractivity contribution in [2.45, 2.75) is 12.5 Å². The van der Waals surface area contributed by atoms with Gasteiger partial charge in [-0.15, -0.1) is 0 Å². The lowest BCUT2D eigenvalue weighted by molar-refractivity contribution is 0.0928. The molecule has 0 amide bonds. The normalized spacial score (nSPS) is 21.1. The highest BCUT2D eigenvalue weighted by Crippen LogP contribution is 2.41. The third kappa shape index (κ3) is 2.08. The third-order valence-electron chi connectivity index (χ3n) is 3.48. The molecule has 0 spiro atoms. The van der Waals surface area contributed by atoms with Crippen molar-refractivity contribution < 1.29 is 4.79 Å². The van der Waals surface area contributed by atoms with Gasteiger partial charge in [0.05, 0.1) is 5.69 Å². The molecule has 0 saturated heterocycles. The van der Waals surface area contributed by atoms with Crippen LogP contribution in [0.3, 0.4) is 0 Å². The van der Waals surface area contributed by atoms with E-state index in [-0.39, 0.29) is 5.78 Å². The van der Waals surface area contributed by atoms with Crippen LogP contribution in [0, 0.1) is 7.14 Å². The van der Waals surface area contributed by atoms with Gasteiger partial charge in [-0.3, -0.25) is 4.79 Å². The summed E-state index contributed by atoms with van der Waals surface area (Å²) in [5.41, 5.74) is 2.09. The number of carbonyl (C=O) groups excluding carboxylic acids is 1. The van der Waals surface area contributed by atoms with E-state index in [0.29, 0.717) is 0 Å². The second kappa shape index (κ2) is 4.73. The molecule has 3 rings (SSSR count). The van der Waals surface area contributed by atoms with Crippen LogP contribution in [0.25, 0.3) is 0 Å². The Morgan fingerprint density at radius 2 is 1.79 bits per heavy atom. The maximum atomic E-state index is 12.8. The maximum Gasteiger partial charge on any atom is 0.194 e. The molecule has 2 aromatic rings. The molecule has 1 aliphatic rings. The van der Waals surface area contributed by atoms with Crippen LogP contribution in [0.4, 0.5) is 5.69 Å². The van der Waals surface area contributed by atoms with E-state index in [9.17, 15) is 4.79 Å². The van der Waals surface area contributed by atoms with Crippen molar-refractivity contribution in [3.8, 4) is 0 Å². The molecule has 0 radical (unpaired) electrons. The Labute approximate surface area is 139 Å². The fourth-order valence-electron chi connectivity index (χ4n) is 2.43. The molecule has 2 aromatic carbocycles. The fraction of sp³-hybridized carbons (Fsp3) is 0.133. The van der Waals surface area contributed by atoms with Crippen molar-refractivity contribution in [1.29, 1.82) is 0 Å². The van der Waals surface area contributed by atoms with Gasteiger partial charge in [-0.25, -0.2) is 0 Å². The minimum Gasteiger partial charge on any atom is -0.368 e. The lowest BCUT2D eigenvalue weighted by atomic mass is 9.88. The Bertz CT molecular complexity index is 669. The van der Waals surface area contributed by atoms with Crippen LogP contribution in [0.15, 0.2) is 42.5 Å². The number of anilines is 1. The summed E-state index contributed by atoms with van der Waals surface area (Å²) in [6.45, 7) is 1.95. The molecular formula is C15H11I2NO. The molecule has 0 saturated carbocycles. The van der Waals surface area contributed by atoms with E-state index in [4.69, 9.17) is 0 Å². The lowest BCUT2D eigenvalue weighted by Crippen LogP contribution is -2.34. The van der Waals surface area contributed by atoms with Crippen molar-refractivity contribution in [3.05, 3.63) is 60.7 Å². The van der Waals surface area contributed by atoms with Gasteiger partial charge in [0, 0.05) is 12.7 Å². The SMILES string of the molecule is CC1(c2ccccc2)Nc2c(I)cc(I)cc2C1=O. The van der Waals surface area contributed by atoms with Crippen LogP contribution in [0.2, 0.25) is 0 Å². The summed E-state index contributed by atoms with van der Waals surface area (Å²) in [6, 6.07) is 13.9. The zero-order valence-corrected chi connectivity index (χ0v) is 14.5. The average molecular weight is 475 g/mol. The first-order valence-corrected chi connectivity index (χ1v) is 8.05. The molecule has 1 unspecified atom stereocenters. The molecule has 1 heterocycles. The number of hydrogen-bond donors (Lipinski definition) is 1. The van der Waals surface area contributed by atoms with E-state index in [0.717, 1.165) is 24.0 Å². The smallest absolute Gasteiger partial charge is 0.194 e. The van der Waals surface area contributed by atoms with E-state index in [2.05, 4.69) is 56.6 Å². The van der Waals surface area contributed by atoms with Gasteiger partial charge in [-0.1, -0.05) is 30.3 Å². The van der Waals surface area contributed by atoms with E-state index in [1.807, 2.05) is 43.3 Å². The van der Waals surface area contributed by atoms with Crippen LogP contribution >= 0.6 is 45.2 Å². The van der Waals surface area contributed by atoms with Gasteiger partial charge in [0.15, 0.2) is 5.78 Å². The molecule has 0 fully saturated rings. The summed E-state index contributed by atoms with van der Waals surface area (Å²) in [5, 5.41) is 3.41. The van der Waals surface area contributed by atoms with Crippen LogP contribution in [-0.4, -0.2) is 5.78 Å². The quantitative estimate of drug-likeness (QED) is 0.620. The molecule has 0 aromatic heterocycles. The second-order valence-corrected chi connectivity index (χ2v) is 7.16. The summed E-state index contributed by atoms with van der Waals surface area (Å²) in [7, 11) is 0. The first-order chi connectivity index (χ1) is 9.02. The molecule has 0 bridgehead atoms. The van der Waals surface area contributed by atoms with Crippen LogP contribution < -0.4 is 5.32 Å². The lowest BCUT2D eigenvalue weighted by Gasteiger charge is -2.24. The largest absolute Gasteiger partial charge is 0.368 e. The zero-order chi connectivity index (χ0) is 13.6. The third-order valence-corrected chi connectivity index (χ3v) is 4.95. The van der Waals surface area contributed by atoms with Gasteiger partial charge >= 0.3 is 0 Å². The number of ketones is 1. The van der Waals surface area contributed by atoms with Gasteiger partial charge in [-0.05, 0) is 69.8 Å². The summed E-state index contributed by atoms with van der Waals surface area (Å²) in [4.78, 5) is 12.8. The number of rotatable bonds is 1. The Balaban J connectivity index is 2.16. The number of carbonyl (C=O) groups is 1. The van der Waals surface area contributed by atoms with E-state index in [1.54, 1.807) is 0 Å². The first-order valence-electron chi connectivity index (χ1n) is 5.90. The summed E-state index contributed by atoms with van der Waals surface area (Å²) >= 11 is 4.53. The number of halogens is 2. The molecular weight excluding hydrogens is 464 g/mol. The maximum absolute atomic E-state index is 12.8. The number of nitrogens with one attached hydrogen (secondary N) is 1. The first kappa shape index (κ1) is 13.4. The van der Waals surface area contributed by atoms with Gasteiger partial charge in [0.1, 0.15) is 5.54 Å². The molecule has 1 atom stereocenters. The van der Waals surface area contributed by atoms with Crippen molar-refractivity contribution in [3.63, 3.8) is 0 Å². The van der Waals surface area contributed by atoms with Gasteiger partial charge in [0.2, 0.25) is 0 Å². The number of Topliss-reactive ketones (excluding diaryl/α,β-unsaturated/α-hetero) is 1. The summed E-state index contributed by atoms with van der Waals surface area (Å²) in [6.07, 6.45) is 0. The highest BCUT2D eigenvalue weighted by atomic mass is 127. The van der Waals surface area contributed by atoms with Crippen molar-refractivity contribution >= 4 is 56.7 Å². The van der Waals surface area contributed by atoms with Gasteiger partial charge in [-0.2, -0.15) is 0 Å². The summed E-state index contributed by atoms with van der Waals surface area (Å²) < 4.78 is 2.18. The molecule has 4 heteroatoms. The van der Waals surface area contributed by atoms with Crippen molar-refractivity contribution in [2.75, 3.05) is 5.32 Å². The van der Waals surface area contributed by atoms with Gasteiger partial charge in [0.25, 0.3) is 0 Å². The monoisotopic (exact) mass is 475 g/mol. The second-order valence-electron chi connectivity index (χ2n) is 4.76. The molecule has 19 heavy (non-hydrogen) atoms. The number of fused-ring (bicyclic) bond motifs is 1. The van der Waals surface area contributed by atoms with E-state index in [1.165, 1.54) is 0 Å². The Hall–Kier alpha value is -0.630. The van der Waals surface area contributed by atoms with E-state index >= 15 is 0 Å². The van der Waals surface area contributed by atoms with Crippen molar-refractivity contribution in [1.82, 2.24) is 0 Å². The van der Waals surface area contributed by atoms with Gasteiger partial charge < -0.3 is 5.32 Å². The minimum absolute atomic E-state index is 0.144. The number of hydrogen-bond acceptors (Lipinski definition) is 2. The van der Waals surface area contributed by atoms with Crippen LogP contribution in [-0.2, 0) is 5.54 Å². The van der Waals surface area contributed by atoms with E-state index < -0.39 is 5.54 Å². The number of benzene rings is 2. The highest BCUT2D eigenvalue weighted by molar-refractivity contribution is 14.1. The molecule has 1 N–H and O–H groups in total. The average Bonchev–Trinajstić information content (AvgIpc) is 2.66. The topological polar surface area (TPSA) is 29.1 Å². The Morgan fingerprint density at radius 1 is 1.11 bits per heavy atom. The minimum atomic E-state index is -0.659. The molecule has 0 aliphatic carbocycles. The molecule has 96 valence electrons. The highest BCUT2D eigenvalue weighted by Gasteiger charge is 2.43. The van der Waals surface area contributed by atoms with Crippen LogP contribution in [0.5, 0.6) is 0 Å². The Morgan fingerprint density at radius 3 is 2.47 bits per heavy atom. The molecule has 1 aliphatic heterocycles. The molecule has 2 nitrogen and oxygen atoms in total. The standard InChI is InChI=1S/C15H11I2NO/c1-15(9-5-3-2-4-6-9)14(19)11-7-10(16)8-12(17)13(11)18-15/h2-8,18H,1H3. The van der Waals surface area contributed by atoms with Crippen molar-refractivity contribution in [2.24, 2.45) is 0 Å². The van der Waals surface area contributed by atoms with Crippen LogP contribution in [0.1, 0.15) is 22.8 Å².